The lowest BCUT2D eigenvalue weighted by Gasteiger charge is -2.19. The second-order valence-electron chi connectivity index (χ2n) is 8.14. The molecule has 2 heterocycles. The normalized spacial score (nSPS) is 21.9. The standard InChI is InChI=1S/C22H24N4O4/c1-12(2)30-20-8-13-18(7-14(20)22(24)28)25-6-4-19(13)29-11-17-15-9-26(10-16(15)17)21(27)3-5-23/h4,6-8,12,15-17H,3,9-11H2,1-2H3,(H2,24,28). The van der Waals surface area contributed by atoms with Crippen LogP contribution in [-0.4, -0.2) is 47.5 Å². The highest BCUT2D eigenvalue weighted by atomic mass is 16.5. The van der Waals surface area contributed by atoms with E-state index in [0.29, 0.717) is 60.0 Å². The topological polar surface area (TPSA) is 119 Å². The molecule has 4 rings (SSSR count). The number of likely N-dealkylation sites (tertiary alicyclic amines) is 1. The highest BCUT2D eigenvalue weighted by Gasteiger charge is 2.56. The van der Waals surface area contributed by atoms with Crippen LogP contribution in [0.25, 0.3) is 10.9 Å². The van der Waals surface area contributed by atoms with E-state index in [1.54, 1.807) is 29.3 Å². The molecule has 2 fully saturated rings. The lowest BCUT2D eigenvalue weighted by Crippen LogP contribution is -2.31. The molecule has 1 aliphatic heterocycles. The van der Waals surface area contributed by atoms with Crippen LogP contribution in [0, 0.1) is 29.1 Å². The van der Waals surface area contributed by atoms with Gasteiger partial charge in [0, 0.05) is 30.6 Å². The van der Waals surface area contributed by atoms with Gasteiger partial charge < -0.3 is 20.1 Å². The van der Waals surface area contributed by atoms with E-state index in [0.717, 1.165) is 5.39 Å². The number of benzene rings is 1. The number of nitriles is 1. The number of nitrogens with zero attached hydrogens (tertiary/aromatic N) is 3. The number of amides is 2. The Balaban J connectivity index is 1.47. The van der Waals surface area contributed by atoms with Crippen LogP contribution in [0.5, 0.6) is 11.5 Å². The molecule has 2 N–H and O–H groups in total. The van der Waals surface area contributed by atoms with Crippen molar-refractivity contribution in [3.63, 3.8) is 0 Å². The first-order chi connectivity index (χ1) is 14.4. The summed E-state index contributed by atoms with van der Waals surface area (Å²) in [5, 5.41) is 9.44. The average molecular weight is 408 g/mol. The van der Waals surface area contributed by atoms with Crippen molar-refractivity contribution in [2.45, 2.75) is 26.4 Å². The third kappa shape index (κ3) is 3.75. The van der Waals surface area contributed by atoms with Crippen molar-refractivity contribution in [2.24, 2.45) is 23.5 Å². The fourth-order valence-electron chi connectivity index (χ4n) is 4.28. The first-order valence-electron chi connectivity index (χ1n) is 10.1. The van der Waals surface area contributed by atoms with Gasteiger partial charge in [0.15, 0.2) is 0 Å². The van der Waals surface area contributed by atoms with E-state index in [4.69, 9.17) is 20.5 Å². The number of ether oxygens (including phenoxy) is 2. The first-order valence-corrected chi connectivity index (χ1v) is 10.1. The maximum absolute atomic E-state index is 11.8. The molecule has 0 bridgehead atoms. The van der Waals surface area contributed by atoms with Gasteiger partial charge in [-0.2, -0.15) is 5.26 Å². The van der Waals surface area contributed by atoms with Gasteiger partial charge in [0.2, 0.25) is 5.91 Å². The lowest BCUT2D eigenvalue weighted by atomic mass is 10.1. The maximum Gasteiger partial charge on any atom is 0.252 e. The third-order valence-corrected chi connectivity index (χ3v) is 5.82. The average Bonchev–Trinajstić information content (AvgIpc) is 3.14. The zero-order valence-electron chi connectivity index (χ0n) is 17.0. The van der Waals surface area contributed by atoms with E-state index in [1.807, 2.05) is 19.9 Å². The van der Waals surface area contributed by atoms with Crippen molar-refractivity contribution in [3.8, 4) is 17.6 Å². The van der Waals surface area contributed by atoms with Gasteiger partial charge in [0.1, 0.15) is 17.9 Å². The summed E-state index contributed by atoms with van der Waals surface area (Å²) >= 11 is 0. The van der Waals surface area contributed by atoms with Crippen LogP contribution in [-0.2, 0) is 4.79 Å². The summed E-state index contributed by atoms with van der Waals surface area (Å²) < 4.78 is 11.9. The summed E-state index contributed by atoms with van der Waals surface area (Å²) in [7, 11) is 0. The molecule has 1 aliphatic carbocycles. The number of pyridine rings is 1. The molecule has 0 radical (unpaired) electrons. The number of rotatable bonds is 7. The Morgan fingerprint density at radius 3 is 2.67 bits per heavy atom. The minimum Gasteiger partial charge on any atom is -0.493 e. The molecule has 2 atom stereocenters. The summed E-state index contributed by atoms with van der Waals surface area (Å²) in [6, 6.07) is 7.10. The Morgan fingerprint density at radius 2 is 2.03 bits per heavy atom. The van der Waals surface area contributed by atoms with Crippen LogP contribution in [0.3, 0.4) is 0 Å². The quantitative estimate of drug-likeness (QED) is 0.750. The fourth-order valence-corrected chi connectivity index (χ4v) is 4.28. The van der Waals surface area contributed by atoms with E-state index in [-0.39, 0.29) is 18.4 Å². The minimum absolute atomic E-state index is 0.0579. The highest BCUT2D eigenvalue weighted by Crippen LogP contribution is 2.52. The van der Waals surface area contributed by atoms with Gasteiger partial charge in [-0.25, -0.2) is 0 Å². The van der Waals surface area contributed by atoms with Crippen molar-refractivity contribution in [1.82, 2.24) is 9.88 Å². The van der Waals surface area contributed by atoms with Gasteiger partial charge >= 0.3 is 0 Å². The van der Waals surface area contributed by atoms with Crippen LogP contribution < -0.4 is 15.2 Å². The molecular weight excluding hydrogens is 384 g/mol. The number of carbonyl (C=O) groups excluding carboxylic acids is 2. The van der Waals surface area contributed by atoms with Gasteiger partial charge in [-0.05, 0) is 43.9 Å². The molecule has 30 heavy (non-hydrogen) atoms. The van der Waals surface area contributed by atoms with Crippen LogP contribution in [0.4, 0.5) is 0 Å². The van der Waals surface area contributed by atoms with Crippen LogP contribution in [0.2, 0.25) is 0 Å². The third-order valence-electron chi connectivity index (χ3n) is 5.82. The zero-order chi connectivity index (χ0) is 21.4. The smallest absolute Gasteiger partial charge is 0.252 e. The molecule has 2 amide bonds. The van der Waals surface area contributed by atoms with Crippen molar-refractivity contribution >= 4 is 22.7 Å². The van der Waals surface area contributed by atoms with Gasteiger partial charge in [-0.3, -0.25) is 14.6 Å². The van der Waals surface area contributed by atoms with Gasteiger partial charge in [-0.1, -0.05) is 0 Å². The summed E-state index contributed by atoms with van der Waals surface area (Å²) in [6.45, 7) is 5.71. The molecule has 2 aliphatic rings. The number of primary amides is 1. The van der Waals surface area contributed by atoms with Crippen molar-refractivity contribution in [3.05, 3.63) is 30.0 Å². The zero-order valence-corrected chi connectivity index (χ0v) is 17.0. The van der Waals surface area contributed by atoms with Crippen molar-refractivity contribution < 1.29 is 19.1 Å². The lowest BCUT2D eigenvalue weighted by molar-refractivity contribution is -0.129. The number of aromatic nitrogens is 1. The molecule has 1 aromatic carbocycles. The van der Waals surface area contributed by atoms with Gasteiger partial charge in [0.25, 0.3) is 5.91 Å². The van der Waals surface area contributed by atoms with Gasteiger partial charge in [-0.15, -0.1) is 0 Å². The van der Waals surface area contributed by atoms with E-state index in [2.05, 4.69) is 4.98 Å². The highest BCUT2D eigenvalue weighted by molar-refractivity contribution is 6.01. The molecule has 2 aromatic rings. The Bertz CT molecular complexity index is 1030. The molecule has 8 nitrogen and oxygen atoms in total. The second-order valence-corrected chi connectivity index (χ2v) is 8.14. The van der Waals surface area contributed by atoms with Crippen LogP contribution in [0.15, 0.2) is 24.4 Å². The van der Waals surface area contributed by atoms with E-state index >= 15 is 0 Å². The minimum atomic E-state index is -0.568. The van der Waals surface area contributed by atoms with Crippen LogP contribution >= 0.6 is 0 Å². The van der Waals surface area contributed by atoms with E-state index < -0.39 is 5.91 Å². The van der Waals surface area contributed by atoms with Gasteiger partial charge in [0.05, 0.1) is 29.9 Å². The number of fused-ring (bicyclic) bond motifs is 2. The Kier molecular flexibility index (Phi) is 5.20. The molecular formula is C22H24N4O4. The Hall–Kier alpha value is -3.34. The van der Waals surface area contributed by atoms with E-state index in [1.165, 1.54) is 0 Å². The summed E-state index contributed by atoms with van der Waals surface area (Å²) in [5.41, 5.74) is 6.41. The first kappa shape index (κ1) is 20.0. The Morgan fingerprint density at radius 1 is 1.30 bits per heavy atom. The molecule has 2 unspecified atom stereocenters. The number of hydrogen-bond acceptors (Lipinski definition) is 6. The van der Waals surface area contributed by atoms with Crippen molar-refractivity contribution in [1.29, 1.82) is 5.26 Å². The molecule has 8 heteroatoms. The maximum atomic E-state index is 11.8. The SMILES string of the molecule is CC(C)Oc1cc2c(OCC3C4CN(C(=O)CC#N)CC34)ccnc2cc1C(N)=O. The molecule has 1 saturated heterocycles. The number of piperidine rings is 1. The summed E-state index contributed by atoms with van der Waals surface area (Å²) in [6.07, 6.45) is 1.47. The molecule has 1 aromatic heterocycles. The number of hydrogen-bond donors (Lipinski definition) is 1. The monoisotopic (exact) mass is 408 g/mol. The molecule has 156 valence electrons. The number of nitrogens with two attached hydrogens (primary N) is 1. The second kappa shape index (κ2) is 7.82. The summed E-state index contributed by atoms with van der Waals surface area (Å²) in [5.74, 6) is 1.69. The summed E-state index contributed by atoms with van der Waals surface area (Å²) in [4.78, 5) is 29.8. The fraction of sp³-hybridized carbons (Fsp3) is 0.455. The Labute approximate surface area is 174 Å². The predicted octanol–water partition coefficient (Wildman–Crippen LogP) is 2.12. The largest absolute Gasteiger partial charge is 0.493 e. The van der Waals surface area contributed by atoms with E-state index in [9.17, 15) is 9.59 Å². The molecule has 1 saturated carbocycles. The molecule has 0 spiro atoms. The van der Waals surface area contributed by atoms with Crippen molar-refractivity contribution in [2.75, 3.05) is 19.7 Å². The number of carbonyl (C=O) groups is 2. The predicted molar refractivity (Wildman–Crippen MR) is 109 cm³/mol. The van der Waals surface area contributed by atoms with Crippen LogP contribution in [0.1, 0.15) is 30.6 Å².